The number of carbonyl (C=O) groups excluding carboxylic acids is 2. The SMILES string of the molecule is CC(=O)C(=O)NCc1nc(C(=O)O)c(C)s1. The van der Waals surface area contributed by atoms with E-state index >= 15 is 0 Å². The number of aromatic carboxylic acids is 1. The second-order valence-electron chi connectivity index (χ2n) is 3.06. The van der Waals surface area contributed by atoms with Crippen LogP contribution in [0.2, 0.25) is 0 Å². The molecule has 1 aromatic heterocycles. The summed E-state index contributed by atoms with van der Waals surface area (Å²) in [6.07, 6.45) is 0. The Balaban J connectivity index is 2.69. The van der Waals surface area contributed by atoms with Gasteiger partial charge in [0.1, 0.15) is 5.01 Å². The minimum atomic E-state index is -1.10. The quantitative estimate of drug-likeness (QED) is 0.743. The van der Waals surface area contributed by atoms with Crippen LogP contribution in [-0.2, 0) is 16.1 Å². The van der Waals surface area contributed by atoms with E-state index in [9.17, 15) is 14.4 Å². The highest BCUT2D eigenvalue weighted by Crippen LogP contribution is 2.17. The van der Waals surface area contributed by atoms with Crippen LogP contribution in [-0.4, -0.2) is 27.8 Å². The Labute approximate surface area is 95.3 Å². The molecule has 16 heavy (non-hydrogen) atoms. The van der Waals surface area contributed by atoms with E-state index in [2.05, 4.69) is 10.3 Å². The van der Waals surface area contributed by atoms with Gasteiger partial charge in [0.2, 0.25) is 5.78 Å². The fourth-order valence-electron chi connectivity index (χ4n) is 1.01. The molecule has 7 heteroatoms. The monoisotopic (exact) mass is 242 g/mol. The topological polar surface area (TPSA) is 96.4 Å². The molecule has 1 heterocycles. The first kappa shape index (κ1) is 12.3. The molecule has 2 N–H and O–H groups in total. The maximum Gasteiger partial charge on any atom is 0.355 e. The Morgan fingerprint density at radius 3 is 2.50 bits per heavy atom. The standard InChI is InChI=1S/C9H10N2O4S/c1-4(12)8(13)10-3-6-11-7(9(14)15)5(2)16-6/h3H2,1-2H3,(H,10,13)(H,14,15). The normalized spacial score (nSPS) is 9.88. The Bertz CT molecular complexity index is 452. The van der Waals surface area contributed by atoms with Crippen LogP contribution < -0.4 is 5.32 Å². The molecule has 1 aromatic rings. The Morgan fingerprint density at radius 2 is 2.06 bits per heavy atom. The van der Waals surface area contributed by atoms with Gasteiger partial charge in [-0.15, -0.1) is 11.3 Å². The number of thiazole rings is 1. The van der Waals surface area contributed by atoms with Crippen molar-refractivity contribution in [1.82, 2.24) is 10.3 Å². The lowest BCUT2D eigenvalue weighted by atomic mass is 10.4. The van der Waals surface area contributed by atoms with Crippen molar-refractivity contribution in [3.05, 3.63) is 15.6 Å². The van der Waals surface area contributed by atoms with Gasteiger partial charge in [-0.05, 0) is 6.92 Å². The van der Waals surface area contributed by atoms with Gasteiger partial charge >= 0.3 is 5.97 Å². The lowest BCUT2D eigenvalue weighted by Gasteiger charge is -1.97. The van der Waals surface area contributed by atoms with Gasteiger partial charge in [-0.3, -0.25) is 9.59 Å². The number of carboxylic acid groups (broad SMARTS) is 1. The van der Waals surface area contributed by atoms with Crippen LogP contribution in [0.1, 0.15) is 27.3 Å². The predicted molar refractivity (Wildman–Crippen MR) is 56.3 cm³/mol. The van der Waals surface area contributed by atoms with Gasteiger partial charge in [-0.25, -0.2) is 9.78 Å². The Kier molecular flexibility index (Phi) is 3.73. The third-order valence-corrected chi connectivity index (χ3v) is 2.73. The number of carbonyl (C=O) groups is 3. The molecular weight excluding hydrogens is 232 g/mol. The third-order valence-electron chi connectivity index (χ3n) is 1.76. The first-order valence-corrected chi connectivity index (χ1v) is 5.22. The van der Waals surface area contributed by atoms with E-state index in [0.717, 1.165) is 6.92 Å². The summed E-state index contributed by atoms with van der Waals surface area (Å²) in [6, 6.07) is 0. The highest BCUT2D eigenvalue weighted by molar-refractivity contribution is 7.11. The number of aromatic nitrogens is 1. The molecule has 0 aliphatic heterocycles. The second-order valence-corrected chi connectivity index (χ2v) is 4.34. The number of Topliss-reactive ketones (excluding diaryl/α,β-unsaturated/α-hetero) is 1. The molecule has 6 nitrogen and oxygen atoms in total. The van der Waals surface area contributed by atoms with E-state index in [1.807, 2.05) is 0 Å². The summed E-state index contributed by atoms with van der Waals surface area (Å²) in [5, 5.41) is 11.6. The summed E-state index contributed by atoms with van der Waals surface area (Å²) in [5.74, 6) is -2.39. The van der Waals surface area contributed by atoms with E-state index in [4.69, 9.17) is 5.11 Å². The van der Waals surface area contributed by atoms with Gasteiger partial charge < -0.3 is 10.4 Å². The smallest absolute Gasteiger partial charge is 0.355 e. The molecule has 0 aliphatic rings. The number of ketones is 1. The summed E-state index contributed by atoms with van der Waals surface area (Å²) in [6.45, 7) is 2.86. The van der Waals surface area contributed by atoms with Crippen molar-refractivity contribution >= 4 is 29.0 Å². The van der Waals surface area contributed by atoms with Crippen molar-refractivity contribution < 1.29 is 19.5 Å². The lowest BCUT2D eigenvalue weighted by molar-refractivity contribution is -0.136. The summed E-state index contributed by atoms with van der Waals surface area (Å²) >= 11 is 1.18. The minimum absolute atomic E-state index is 0.0166. The molecule has 0 bridgehead atoms. The van der Waals surface area contributed by atoms with Crippen molar-refractivity contribution in [3.63, 3.8) is 0 Å². The van der Waals surface area contributed by atoms with Crippen LogP contribution in [0.25, 0.3) is 0 Å². The van der Waals surface area contributed by atoms with Gasteiger partial charge in [-0.1, -0.05) is 0 Å². The average molecular weight is 242 g/mol. The van der Waals surface area contributed by atoms with Crippen LogP contribution in [0.15, 0.2) is 0 Å². The average Bonchev–Trinajstić information content (AvgIpc) is 2.56. The Hall–Kier alpha value is -1.76. The van der Waals surface area contributed by atoms with Crippen molar-refractivity contribution in [2.45, 2.75) is 20.4 Å². The first-order chi connectivity index (χ1) is 7.41. The van der Waals surface area contributed by atoms with Gasteiger partial charge in [0.15, 0.2) is 5.69 Å². The minimum Gasteiger partial charge on any atom is -0.476 e. The van der Waals surface area contributed by atoms with Crippen molar-refractivity contribution in [1.29, 1.82) is 0 Å². The highest BCUT2D eigenvalue weighted by atomic mass is 32.1. The number of carboxylic acids is 1. The zero-order valence-corrected chi connectivity index (χ0v) is 9.55. The van der Waals surface area contributed by atoms with Crippen LogP contribution in [0.4, 0.5) is 0 Å². The van der Waals surface area contributed by atoms with Crippen LogP contribution in [0.5, 0.6) is 0 Å². The molecule has 0 saturated carbocycles. The summed E-state index contributed by atoms with van der Waals surface area (Å²) in [4.78, 5) is 36.7. The molecule has 0 atom stereocenters. The highest BCUT2D eigenvalue weighted by Gasteiger charge is 2.15. The molecule has 0 saturated heterocycles. The summed E-state index contributed by atoms with van der Waals surface area (Å²) in [5.41, 5.74) is -0.0166. The van der Waals surface area contributed by atoms with E-state index in [1.165, 1.54) is 11.3 Å². The zero-order chi connectivity index (χ0) is 12.3. The maximum atomic E-state index is 10.9. The second kappa shape index (κ2) is 4.84. The van der Waals surface area contributed by atoms with Gasteiger partial charge in [-0.2, -0.15) is 0 Å². The number of nitrogens with zero attached hydrogens (tertiary/aromatic N) is 1. The van der Waals surface area contributed by atoms with Crippen molar-refractivity contribution in [2.24, 2.45) is 0 Å². The summed E-state index contributed by atoms with van der Waals surface area (Å²) < 4.78 is 0. The molecule has 0 unspecified atom stereocenters. The van der Waals surface area contributed by atoms with Gasteiger partial charge in [0.25, 0.3) is 5.91 Å². The van der Waals surface area contributed by atoms with E-state index in [0.29, 0.717) is 9.88 Å². The molecular formula is C9H10N2O4S. The fraction of sp³-hybridized carbons (Fsp3) is 0.333. The number of nitrogens with one attached hydrogen (secondary N) is 1. The molecule has 0 aromatic carbocycles. The van der Waals surface area contributed by atoms with Crippen LogP contribution >= 0.6 is 11.3 Å². The van der Waals surface area contributed by atoms with Crippen molar-refractivity contribution in [2.75, 3.05) is 0 Å². The summed E-state index contributed by atoms with van der Waals surface area (Å²) in [7, 11) is 0. The van der Waals surface area contributed by atoms with E-state index in [-0.39, 0.29) is 12.2 Å². The molecule has 1 amide bonds. The molecule has 0 spiro atoms. The lowest BCUT2D eigenvalue weighted by Crippen LogP contribution is -2.28. The predicted octanol–water partition coefficient (Wildman–Crippen LogP) is 0.355. The van der Waals surface area contributed by atoms with Crippen LogP contribution in [0, 0.1) is 6.92 Å². The molecule has 0 fully saturated rings. The largest absolute Gasteiger partial charge is 0.476 e. The van der Waals surface area contributed by atoms with E-state index < -0.39 is 17.7 Å². The number of hydrogen-bond acceptors (Lipinski definition) is 5. The number of rotatable bonds is 4. The van der Waals surface area contributed by atoms with Gasteiger partial charge in [0.05, 0.1) is 6.54 Å². The third kappa shape index (κ3) is 2.86. The molecule has 0 radical (unpaired) electrons. The first-order valence-electron chi connectivity index (χ1n) is 4.40. The van der Waals surface area contributed by atoms with Gasteiger partial charge in [0, 0.05) is 11.8 Å². The number of amides is 1. The van der Waals surface area contributed by atoms with E-state index in [1.54, 1.807) is 6.92 Å². The molecule has 1 rings (SSSR count). The van der Waals surface area contributed by atoms with Crippen molar-refractivity contribution in [3.8, 4) is 0 Å². The Morgan fingerprint density at radius 1 is 1.44 bits per heavy atom. The zero-order valence-electron chi connectivity index (χ0n) is 8.73. The fourth-order valence-corrected chi connectivity index (χ4v) is 1.87. The number of hydrogen-bond donors (Lipinski definition) is 2. The molecule has 86 valence electrons. The number of aryl methyl sites for hydroxylation is 1. The molecule has 0 aliphatic carbocycles. The maximum absolute atomic E-state index is 10.9. The van der Waals surface area contributed by atoms with Crippen LogP contribution in [0.3, 0.4) is 0 Å².